The molecule has 1 saturated heterocycles. The standard InChI is InChI=1S/C11H12BrN3S/c12-9-4-1-5-15-10(13-14-11(9)15)7-8-3-2-6-16-8/h1,4-5,8H,2-3,6-7H2. The van der Waals surface area contributed by atoms with Gasteiger partial charge in [-0.2, -0.15) is 11.8 Å². The Balaban J connectivity index is 1.94. The number of halogens is 1. The summed E-state index contributed by atoms with van der Waals surface area (Å²) in [7, 11) is 0. The molecule has 2 aromatic rings. The fourth-order valence-electron chi connectivity index (χ4n) is 2.08. The van der Waals surface area contributed by atoms with E-state index in [1.165, 1.54) is 18.6 Å². The average Bonchev–Trinajstić information content (AvgIpc) is 2.90. The topological polar surface area (TPSA) is 30.2 Å². The van der Waals surface area contributed by atoms with Gasteiger partial charge in [0.1, 0.15) is 5.82 Å². The Morgan fingerprint density at radius 2 is 2.44 bits per heavy atom. The van der Waals surface area contributed by atoms with Crippen LogP contribution in [-0.4, -0.2) is 25.6 Å². The van der Waals surface area contributed by atoms with Crippen LogP contribution in [0.2, 0.25) is 0 Å². The highest BCUT2D eigenvalue weighted by atomic mass is 79.9. The van der Waals surface area contributed by atoms with Crippen molar-refractivity contribution in [3.63, 3.8) is 0 Å². The predicted octanol–water partition coefficient (Wildman–Crippen LogP) is 2.93. The van der Waals surface area contributed by atoms with Crippen molar-refractivity contribution >= 4 is 33.3 Å². The zero-order chi connectivity index (χ0) is 11.0. The maximum atomic E-state index is 4.29. The maximum absolute atomic E-state index is 4.29. The summed E-state index contributed by atoms with van der Waals surface area (Å²) in [5.74, 6) is 2.38. The lowest BCUT2D eigenvalue weighted by atomic mass is 10.2. The third kappa shape index (κ3) is 1.86. The van der Waals surface area contributed by atoms with Gasteiger partial charge in [0, 0.05) is 17.9 Å². The van der Waals surface area contributed by atoms with Crippen molar-refractivity contribution in [2.75, 3.05) is 5.75 Å². The Labute approximate surface area is 107 Å². The van der Waals surface area contributed by atoms with E-state index in [4.69, 9.17) is 0 Å². The summed E-state index contributed by atoms with van der Waals surface area (Å²) in [6.07, 6.45) is 5.72. The highest BCUT2D eigenvalue weighted by molar-refractivity contribution is 9.10. The van der Waals surface area contributed by atoms with Crippen molar-refractivity contribution in [3.8, 4) is 0 Å². The first-order valence-corrected chi connectivity index (χ1v) is 7.28. The van der Waals surface area contributed by atoms with E-state index >= 15 is 0 Å². The molecule has 1 fully saturated rings. The molecular weight excluding hydrogens is 286 g/mol. The van der Waals surface area contributed by atoms with Gasteiger partial charge in [-0.15, -0.1) is 10.2 Å². The molecule has 0 N–H and O–H groups in total. The van der Waals surface area contributed by atoms with Gasteiger partial charge in [0.25, 0.3) is 0 Å². The molecule has 84 valence electrons. The van der Waals surface area contributed by atoms with Gasteiger partial charge in [0.05, 0.1) is 4.47 Å². The van der Waals surface area contributed by atoms with Gasteiger partial charge < -0.3 is 0 Å². The largest absolute Gasteiger partial charge is 0.285 e. The molecule has 5 heteroatoms. The minimum absolute atomic E-state index is 0.728. The lowest BCUT2D eigenvalue weighted by Crippen LogP contribution is -2.05. The van der Waals surface area contributed by atoms with Gasteiger partial charge >= 0.3 is 0 Å². The Morgan fingerprint density at radius 3 is 3.25 bits per heavy atom. The number of nitrogens with zero attached hydrogens (tertiary/aromatic N) is 3. The number of pyridine rings is 1. The summed E-state index contributed by atoms with van der Waals surface area (Å²) in [5.41, 5.74) is 0.917. The average molecular weight is 298 g/mol. The summed E-state index contributed by atoms with van der Waals surface area (Å²) < 4.78 is 3.09. The first kappa shape index (κ1) is 10.6. The van der Waals surface area contributed by atoms with E-state index in [2.05, 4.69) is 42.3 Å². The van der Waals surface area contributed by atoms with Crippen LogP contribution < -0.4 is 0 Å². The molecule has 0 aromatic carbocycles. The molecule has 16 heavy (non-hydrogen) atoms. The third-order valence-electron chi connectivity index (χ3n) is 2.89. The molecule has 0 aliphatic carbocycles. The summed E-state index contributed by atoms with van der Waals surface area (Å²) in [6.45, 7) is 0. The Kier molecular flexibility index (Phi) is 2.90. The molecule has 3 heterocycles. The van der Waals surface area contributed by atoms with Gasteiger partial charge in [0.2, 0.25) is 0 Å². The molecule has 0 amide bonds. The number of fused-ring (bicyclic) bond motifs is 1. The molecule has 0 spiro atoms. The lowest BCUT2D eigenvalue weighted by Gasteiger charge is -2.06. The van der Waals surface area contributed by atoms with Gasteiger partial charge in [-0.25, -0.2) is 0 Å². The highest BCUT2D eigenvalue weighted by Gasteiger charge is 2.19. The number of rotatable bonds is 2. The first-order valence-electron chi connectivity index (χ1n) is 5.44. The van der Waals surface area contributed by atoms with Gasteiger partial charge in [-0.05, 0) is 46.7 Å². The van der Waals surface area contributed by atoms with E-state index in [0.717, 1.165) is 27.6 Å². The Morgan fingerprint density at radius 1 is 1.50 bits per heavy atom. The van der Waals surface area contributed by atoms with Crippen molar-refractivity contribution in [1.29, 1.82) is 0 Å². The van der Waals surface area contributed by atoms with Gasteiger partial charge in [0.15, 0.2) is 5.65 Å². The number of hydrogen-bond acceptors (Lipinski definition) is 3. The van der Waals surface area contributed by atoms with Crippen molar-refractivity contribution in [3.05, 3.63) is 28.6 Å². The molecule has 3 nitrogen and oxygen atoms in total. The Bertz CT molecular complexity index is 505. The monoisotopic (exact) mass is 297 g/mol. The van der Waals surface area contributed by atoms with Crippen molar-refractivity contribution in [2.45, 2.75) is 24.5 Å². The number of aromatic nitrogens is 3. The van der Waals surface area contributed by atoms with E-state index in [9.17, 15) is 0 Å². The molecular formula is C11H12BrN3S. The van der Waals surface area contributed by atoms with Crippen LogP contribution in [-0.2, 0) is 6.42 Å². The minimum Gasteiger partial charge on any atom is -0.285 e. The summed E-state index contributed by atoms with van der Waals surface area (Å²) in [4.78, 5) is 0. The summed E-state index contributed by atoms with van der Waals surface area (Å²) in [6, 6.07) is 4.02. The van der Waals surface area contributed by atoms with Crippen LogP contribution in [0.4, 0.5) is 0 Å². The summed E-state index contributed by atoms with van der Waals surface area (Å²) >= 11 is 5.55. The summed E-state index contributed by atoms with van der Waals surface area (Å²) in [5, 5.41) is 9.23. The second-order valence-corrected chi connectivity index (χ2v) is 6.27. The molecule has 1 unspecified atom stereocenters. The zero-order valence-corrected chi connectivity index (χ0v) is 11.2. The number of thioether (sulfide) groups is 1. The van der Waals surface area contributed by atoms with Gasteiger partial charge in [-0.3, -0.25) is 4.40 Å². The molecule has 1 aliphatic heterocycles. The normalized spacial score (nSPS) is 20.7. The van der Waals surface area contributed by atoms with E-state index < -0.39 is 0 Å². The zero-order valence-electron chi connectivity index (χ0n) is 8.77. The van der Waals surface area contributed by atoms with Crippen LogP contribution in [0.25, 0.3) is 5.65 Å². The van der Waals surface area contributed by atoms with E-state index in [0.29, 0.717) is 0 Å². The van der Waals surface area contributed by atoms with E-state index in [1.54, 1.807) is 0 Å². The molecule has 3 rings (SSSR count). The molecule has 0 bridgehead atoms. The smallest absolute Gasteiger partial charge is 0.175 e. The van der Waals surface area contributed by atoms with Crippen LogP contribution in [0.1, 0.15) is 18.7 Å². The second kappa shape index (κ2) is 4.37. The van der Waals surface area contributed by atoms with Crippen LogP contribution in [0, 0.1) is 0 Å². The highest BCUT2D eigenvalue weighted by Crippen LogP contribution is 2.29. The maximum Gasteiger partial charge on any atom is 0.175 e. The SMILES string of the molecule is Brc1cccn2c(CC3CCCS3)nnc12. The fraction of sp³-hybridized carbons (Fsp3) is 0.455. The quantitative estimate of drug-likeness (QED) is 0.854. The van der Waals surface area contributed by atoms with Crippen LogP contribution in [0.15, 0.2) is 22.8 Å². The molecule has 1 atom stereocenters. The first-order chi connectivity index (χ1) is 7.84. The third-order valence-corrected chi connectivity index (χ3v) is 4.91. The van der Waals surface area contributed by atoms with Crippen molar-refractivity contribution in [1.82, 2.24) is 14.6 Å². The minimum atomic E-state index is 0.728. The van der Waals surface area contributed by atoms with E-state index in [-0.39, 0.29) is 0 Å². The van der Waals surface area contributed by atoms with Crippen LogP contribution >= 0.6 is 27.7 Å². The van der Waals surface area contributed by atoms with Crippen molar-refractivity contribution in [2.24, 2.45) is 0 Å². The van der Waals surface area contributed by atoms with Crippen molar-refractivity contribution < 1.29 is 0 Å². The lowest BCUT2D eigenvalue weighted by molar-refractivity contribution is 0.738. The fourth-order valence-corrected chi connectivity index (χ4v) is 3.77. The predicted molar refractivity (Wildman–Crippen MR) is 69.9 cm³/mol. The molecule has 2 aromatic heterocycles. The number of hydrogen-bond donors (Lipinski definition) is 0. The Hall–Kier alpha value is -0.550. The van der Waals surface area contributed by atoms with Gasteiger partial charge in [-0.1, -0.05) is 0 Å². The van der Waals surface area contributed by atoms with Crippen LogP contribution in [0.5, 0.6) is 0 Å². The molecule has 0 radical (unpaired) electrons. The molecule has 0 saturated carbocycles. The molecule has 1 aliphatic rings. The second-order valence-electron chi connectivity index (χ2n) is 4.01. The van der Waals surface area contributed by atoms with Crippen LogP contribution in [0.3, 0.4) is 0 Å². The van der Waals surface area contributed by atoms with E-state index in [1.807, 2.05) is 18.3 Å².